The second-order valence-corrected chi connectivity index (χ2v) is 6.58. The molecule has 0 radical (unpaired) electrons. The molecule has 2 unspecified atom stereocenters. The van der Waals surface area contributed by atoms with Crippen molar-refractivity contribution in [3.63, 3.8) is 0 Å². The summed E-state index contributed by atoms with van der Waals surface area (Å²) in [5.74, 6) is 1.06. The SMILES string of the molecule is CC1C(N)c2cc3c(cc2S1(=O)=O)OCCO3. The normalized spacial score (nSPS) is 28.8. The maximum atomic E-state index is 12.1. The van der Waals surface area contributed by atoms with E-state index in [4.69, 9.17) is 15.2 Å². The monoisotopic (exact) mass is 255 g/mol. The molecule has 0 saturated heterocycles. The summed E-state index contributed by atoms with van der Waals surface area (Å²) in [6.45, 7) is 2.54. The average Bonchev–Trinajstić information content (AvgIpc) is 2.49. The van der Waals surface area contributed by atoms with Gasteiger partial charge in [0.2, 0.25) is 0 Å². The zero-order valence-corrected chi connectivity index (χ0v) is 10.2. The van der Waals surface area contributed by atoms with Gasteiger partial charge in [-0.15, -0.1) is 0 Å². The van der Waals surface area contributed by atoms with E-state index in [-0.39, 0.29) is 4.90 Å². The summed E-state index contributed by atoms with van der Waals surface area (Å²) in [7, 11) is -3.33. The van der Waals surface area contributed by atoms with Crippen molar-refractivity contribution in [3.8, 4) is 11.5 Å². The molecule has 0 spiro atoms. The smallest absolute Gasteiger partial charge is 0.183 e. The fourth-order valence-corrected chi connectivity index (χ4v) is 3.97. The standard InChI is InChI=1S/C11H13NO4S/c1-6-11(12)7-4-8-9(16-3-2-15-8)5-10(7)17(6,13)14/h4-6,11H,2-3,12H2,1H3. The van der Waals surface area contributed by atoms with E-state index >= 15 is 0 Å². The van der Waals surface area contributed by atoms with Gasteiger partial charge in [-0.25, -0.2) is 8.42 Å². The molecule has 2 aliphatic rings. The van der Waals surface area contributed by atoms with Gasteiger partial charge in [0.15, 0.2) is 21.3 Å². The van der Waals surface area contributed by atoms with Gasteiger partial charge in [0, 0.05) is 12.1 Å². The Hall–Kier alpha value is -1.27. The topological polar surface area (TPSA) is 78.6 Å². The predicted molar refractivity (Wildman–Crippen MR) is 61.0 cm³/mol. The lowest BCUT2D eigenvalue weighted by Gasteiger charge is -2.19. The number of ether oxygens (including phenoxy) is 2. The molecule has 92 valence electrons. The van der Waals surface area contributed by atoms with Gasteiger partial charge in [-0.05, 0) is 18.6 Å². The third kappa shape index (κ3) is 1.37. The first kappa shape index (κ1) is 10.9. The molecule has 0 bridgehead atoms. The zero-order chi connectivity index (χ0) is 12.2. The Balaban J connectivity index is 2.25. The summed E-state index contributed by atoms with van der Waals surface area (Å²) < 4.78 is 35.0. The van der Waals surface area contributed by atoms with E-state index in [0.29, 0.717) is 30.3 Å². The lowest BCUT2D eigenvalue weighted by atomic mass is 10.0. The molecule has 0 amide bonds. The summed E-state index contributed by atoms with van der Waals surface area (Å²) in [5, 5.41) is -0.596. The molecule has 2 aliphatic heterocycles. The quantitative estimate of drug-likeness (QED) is 0.735. The molecule has 1 aromatic carbocycles. The predicted octanol–water partition coefficient (Wildman–Crippen LogP) is 0.633. The summed E-state index contributed by atoms with van der Waals surface area (Å²) in [6.07, 6.45) is 0. The summed E-state index contributed by atoms with van der Waals surface area (Å²) >= 11 is 0. The zero-order valence-electron chi connectivity index (χ0n) is 9.34. The average molecular weight is 255 g/mol. The minimum atomic E-state index is -3.33. The van der Waals surface area contributed by atoms with Crippen LogP contribution < -0.4 is 15.2 Å². The van der Waals surface area contributed by atoms with Gasteiger partial charge in [-0.3, -0.25) is 0 Å². The maximum absolute atomic E-state index is 12.1. The molecule has 1 aromatic rings. The largest absolute Gasteiger partial charge is 0.486 e. The maximum Gasteiger partial charge on any atom is 0.183 e. The number of rotatable bonds is 0. The fourth-order valence-electron chi connectivity index (χ4n) is 2.24. The van der Waals surface area contributed by atoms with Crippen LogP contribution in [0.2, 0.25) is 0 Å². The third-order valence-electron chi connectivity index (χ3n) is 3.34. The molecule has 3 rings (SSSR count). The Kier molecular flexibility index (Phi) is 2.15. The second-order valence-electron chi connectivity index (χ2n) is 4.31. The van der Waals surface area contributed by atoms with Crippen LogP contribution in [0.3, 0.4) is 0 Å². The van der Waals surface area contributed by atoms with Crippen LogP contribution in [0.5, 0.6) is 11.5 Å². The number of nitrogens with two attached hydrogens (primary N) is 1. The van der Waals surface area contributed by atoms with Crippen LogP contribution in [0.4, 0.5) is 0 Å². The van der Waals surface area contributed by atoms with Gasteiger partial charge in [0.05, 0.1) is 10.1 Å². The van der Waals surface area contributed by atoms with Crippen LogP contribution in [0.1, 0.15) is 18.5 Å². The van der Waals surface area contributed by atoms with E-state index in [1.54, 1.807) is 13.0 Å². The first-order chi connectivity index (χ1) is 8.01. The van der Waals surface area contributed by atoms with Crippen LogP contribution in [0.25, 0.3) is 0 Å². The van der Waals surface area contributed by atoms with Crippen LogP contribution in [-0.2, 0) is 9.84 Å². The van der Waals surface area contributed by atoms with Crippen molar-refractivity contribution >= 4 is 9.84 Å². The highest BCUT2D eigenvalue weighted by Crippen LogP contribution is 2.44. The van der Waals surface area contributed by atoms with Crippen molar-refractivity contribution in [1.29, 1.82) is 0 Å². The molecule has 17 heavy (non-hydrogen) atoms. The van der Waals surface area contributed by atoms with E-state index in [9.17, 15) is 8.42 Å². The van der Waals surface area contributed by atoms with Crippen LogP contribution in [-0.4, -0.2) is 26.9 Å². The van der Waals surface area contributed by atoms with Crippen molar-refractivity contribution in [2.24, 2.45) is 5.73 Å². The molecule has 5 nitrogen and oxygen atoms in total. The Labute approximate surface area is 99.4 Å². The molecule has 0 saturated carbocycles. The van der Waals surface area contributed by atoms with Crippen molar-refractivity contribution < 1.29 is 17.9 Å². The highest BCUT2D eigenvalue weighted by atomic mass is 32.2. The fraction of sp³-hybridized carbons (Fsp3) is 0.455. The minimum absolute atomic E-state index is 0.279. The van der Waals surface area contributed by atoms with Crippen molar-refractivity contribution in [3.05, 3.63) is 17.7 Å². The Morgan fingerprint density at radius 2 is 1.82 bits per heavy atom. The van der Waals surface area contributed by atoms with Gasteiger partial charge >= 0.3 is 0 Å². The first-order valence-corrected chi connectivity index (χ1v) is 6.99. The number of benzene rings is 1. The van der Waals surface area contributed by atoms with Crippen LogP contribution in [0.15, 0.2) is 17.0 Å². The number of hydrogen-bond acceptors (Lipinski definition) is 5. The van der Waals surface area contributed by atoms with Crippen LogP contribution in [0, 0.1) is 0 Å². The highest BCUT2D eigenvalue weighted by molar-refractivity contribution is 7.92. The molecule has 2 atom stereocenters. The Bertz CT molecular complexity index is 581. The molecule has 0 aliphatic carbocycles. The summed E-state index contributed by atoms with van der Waals surface area (Å²) in [5.41, 5.74) is 6.55. The van der Waals surface area contributed by atoms with Gasteiger partial charge in [0.1, 0.15) is 13.2 Å². The number of hydrogen-bond donors (Lipinski definition) is 1. The lowest BCUT2D eigenvalue weighted by Crippen LogP contribution is -2.23. The van der Waals surface area contributed by atoms with Crippen molar-refractivity contribution in [1.82, 2.24) is 0 Å². The Morgan fingerprint density at radius 3 is 2.47 bits per heavy atom. The van der Waals surface area contributed by atoms with Gasteiger partial charge in [0.25, 0.3) is 0 Å². The molecular formula is C11H13NO4S. The van der Waals surface area contributed by atoms with E-state index in [1.165, 1.54) is 6.07 Å². The van der Waals surface area contributed by atoms with Gasteiger partial charge in [-0.1, -0.05) is 0 Å². The lowest BCUT2D eigenvalue weighted by molar-refractivity contribution is 0.171. The minimum Gasteiger partial charge on any atom is -0.486 e. The molecule has 2 N–H and O–H groups in total. The van der Waals surface area contributed by atoms with E-state index in [0.717, 1.165) is 0 Å². The van der Waals surface area contributed by atoms with E-state index in [1.807, 2.05) is 0 Å². The van der Waals surface area contributed by atoms with Gasteiger partial charge < -0.3 is 15.2 Å². The molecule has 0 fully saturated rings. The molecular weight excluding hydrogens is 242 g/mol. The molecule has 0 aromatic heterocycles. The summed E-state index contributed by atoms with van der Waals surface area (Å²) in [6, 6.07) is 2.73. The highest BCUT2D eigenvalue weighted by Gasteiger charge is 2.41. The number of sulfone groups is 1. The summed E-state index contributed by atoms with van der Waals surface area (Å²) in [4.78, 5) is 0.279. The van der Waals surface area contributed by atoms with E-state index in [2.05, 4.69) is 0 Å². The van der Waals surface area contributed by atoms with Crippen molar-refractivity contribution in [2.75, 3.05) is 13.2 Å². The third-order valence-corrected chi connectivity index (χ3v) is 5.57. The van der Waals surface area contributed by atoms with Gasteiger partial charge in [-0.2, -0.15) is 0 Å². The van der Waals surface area contributed by atoms with Crippen LogP contribution >= 0.6 is 0 Å². The molecule has 2 heterocycles. The van der Waals surface area contributed by atoms with E-state index < -0.39 is 21.1 Å². The first-order valence-electron chi connectivity index (χ1n) is 5.45. The molecule has 6 heteroatoms. The second kappa shape index (κ2) is 3.36. The number of fused-ring (bicyclic) bond motifs is 2. The Morgan fingerprint density at radius 1 is 1.24 bits per heavy atom. The van der Waals surface area contributed by atoms with Crippen molar-refractivity contribution in [2.45, 2.75) is 23.1 Å².